The van der Waals surface area contributed by atoms with Gasteiger partial charge in [-0.1, -0.05) is 24.3 Å². The molecule has 6 nitrogen and oxygen atoms in total. The van der Waals surface area contributed by atoms with E-state index in [1.54, 1.807) is 12.0 Å². The summed E-state index contributed by atoms with van der Waals surface area (Å²) in [5.74, 6) is 0.752. The zero-order valence-electron chi connectivity index (χ0n) is 17.4. The number of piperazine rings is 1. The van der Waals surface area contributed by atoms with Gasteiger partial charge in [-0.25, -0.2) is 0 Å². The minimum absolute atomic E-state index is 0.00293. The minimum atomic E-state index is -0.0847. The molecular formula is C23H29N3O3. The molecule has 0 aliphatic carbocycles. The number of carbonyl (C=O) groups is 2. The average Bonchev–Trinajstić information content (AvgIpc) is 2.74. The first-order valence-corrected chi connectivity index (χ1v) is 9.94. The number of methoxy groups -OCH3 is 1. The highest BCUT2D eigenvalue weighted by atomic mass is 16.5. The van der Waals surface area contributed by atoms with E-state index in [9.17, 15) is 9.59 Å². The fraction of sp³-hybridized carbons (Fsp3) is 0.391. The van der Waals surface area contributed by atoms with Gasteiger partial charge in [-0.2, -0.15) is 0 Å². The van der Waals surface area contributed by atoms with Crippen molar-refractivity contribution in [2.24, 2.45) is 0 Å². The van der Waals surface area contributed by atoms with E-state index in [4.69, 9.17) is 4.74 Å². The van der Waals surface area contributed by atoms with E-state index in [1.165, 1.54) is 6.92 Å². The van der Waals surface area contributed by atoms with Crippen LogP contribution < -0.4 is 9.64 Å². The maximum Gasteiger partial charge on any atom is 0.242 e. The molecule has 0 unspecified atom stereocenters. The standard InChI is InChI=1S/C23H29N3O3/c1-18-6-4-5-7-20(18)16-26(19(2)27)17-23(28)25-14-12-24(13-15-25)21-8-10-22(29-3)11-9-21/h4-11H,12-17H2,1-3H3. The molecule has 3 rings (SSSR count). The Bertz CT molecular complexity index is 843. The zero-order valence-corrected chi connectivity index (χ0v) is 17.4. The van der Waals surface area contributed by atoms with Crippen LogP contribution in [0.4, 0.5) is 5.69 Å². The van der Waals surface area contributed by atoms with Crippen molar-refractivity contribution in [3.8, 4) is 5.75 Å². The summed E-state index contributed by atoms with van der Waals surface area (Å²) in [5, 5.41) is 0. The highest BCUT2D eigenvalue weighted by Gasteiger charge is 2.24. The normalized spacial score (nSPS) is 13.9. The Hall–Kier alpha value is -3.02. The van der Waals surface area contributed by atoms with E-state index in [1.807, 2.05) is 60.4 Å². The van der Waals surface area contributed by atoms with Gasteiger partial charge in [0.25, 0.3) is 0 Å². The number of benzene rings is 2. The first kappa shape index (κ1) is 20.7. The Morgan fingerprint density at radius 3 is 2.24 bits per heavy atom. The third kappa shape index (κ3) is 5.28. The number of aryl methyl sites for hydroxylation is 1. The predicted molar refractivity (Wildman–Crippen MR) is 114 cm³/mol. The smallest absolute Gasteiger partial charge is 0.242 e. The molecule has 1 saturated heterocycles. The minimum Gasteiger partial charge on any atom is -0.497 e. The van der Waals surface area contributed by atoms with Crippen molar-refractivity contribution < 1.29 is 14.3 Å². The number of ether oxygens (including phenoxy) is 1. The molecule has 29 heavy (non-hydrogen) atoms. The second-order valence-electron chi connectivity index (χ2n) is 7.37. The van der Waals surface area contributed by atoms with Crippen LogP contribution in [0.15, 0.2) is 48.5 Å². The van der Waals surface area contributed by atoms with Crippen LogP contribution >= 0.6 is 0 Å². The second-order valence-corrected chi connectivity index (χ2v) is 7.37. The van der Waals surface area contributed by atoms with Crippen LogP contribution in [0.5, 0.6) is 5.75 Å². The first-order valence-electron chi connectivity index (χ1n) is 9.94. The van der Waals surface area contributed by atoms with Gasteiger partial charge in [0, 0.05) is 45.3 Å². The molecule has 2 aromatic carbocycles. The number of rotatable bonds is 6. The summed E-state index contributed by atoms with van der Waals surface area (Å²) in [6.07, 6.45) is 0. The monoisotopic (exact) mass is 395 g/mol. The lowest BCUT2D eigenvalue weighted by atomic mass is 10.1. The van der Waals surface area contributed by atoms with Crippen molar-refractivity contribution >= 4 is 17.5 Å². The summed E-state index contributed by atoms with van der Waals surface area (Å²) >= 11 is 0. The molecule has 1 aliphatic rings. The van der Waals surface area contributed by atoms with Crippen LogP contribution in [0.25, 0.3) is 0 Å². The van der Waals surface area contributed by atoms with Crippen molar-refractivity contribution in [1.82, 2.24) is 9.80 Å². The quantitative estimate of drug-likeness (QED) is 0.755. The second kappa shape index (κ2) is 9.45. The molecule has 0 N–H and O–H groups in total. The summed E-state index contributed by atoms with van der Waals surface area (Å²) < 4.78 is 5.21. The zero-order chi connectivity index (χ0) is 20.8. The van der Waals surface area contributed by atoms with Crippen LogP contribution in [0, 0.1) is 6.92 Å². The number of nitrogens with zero attached hydrogens (tertiary/aromatic N) is 3. The highest BCUT2D eigenvalue weighted by molar-refractivity contribution is 5.84. The molecule has 0 bridgehead atoms. The number of carbonyl (C=O) groups excluding carboxylic acids is 2. The Kier molecular flexibility index (Phi) is 6.75. The Morgan fingerprint density at radius 2 is 1.66 bits per heavy atom. The summed E-state index contributed by atoms with van der Waals surface area (Å²) in [7, 11) is 1.66. The van der Waals surface area contributed by atoms with Gasteiger partial charge >= 0.3 is 0 Å². The van der Waals surface area contributed by atoms with Gasteiger partial charge in [-0.3, -0.25) is 9.59 Å². The van der Waals surface area contributed by atoms with E-state index < -0.39 is 0 Å². The summed E-state index contributed by atoms with van der Waals surface area (Å²) in [4.78, 5) is 30.7. The molecule has 1 aliphatic heterocycles. The number of anilines is 1. The van der Waals surface area contributed by atoms with E-state index >= 15 is 0 Å². The van der Waals surface area contributed by atoms with Gasteiger partial charge in [-0.15, -0.1) is 0 Å². The van der Waals surface area contributed by atoms with Crippen LogP contribution in [-0.2, 0) is 16.1 Å². The largest absolute Gasteiger partial charge is 0.497 e. The first-order chi connectivity index (χ1) is 14.0. The molecule has 0 spiro atoms. The van der Waals surface area contributed by atoms with Gasteiger partial charge in [-0.05, 0) is 42.3 Å². The maximum absolute atomic E-state index is 12.8. The van der Waals surface area contributed by atoms with Crippen LogP contribution in [0.3, 0.4) is 0 Å². The van der Waals surface area contributed by atoms with Crippen LogP contribution in [0.1, 0.15) is 18.1 Å². The Balaban J connectivity index is 1.56. The number of amides is 2. The lowest BCUT2D eigenvalue weighted by Gasteiger charge is -2.37. The van der Waals surface area contributed by atoms with Crippen molar-refractivity contribution in [3.63, 3.8) is 0 Å². The van der Waals surface area contributed by atoms with Crippen molar-refractivity contribution in [1.29, 1.82) is 0 Å². The summed E-state index contributed by atoms with van der Waals surface area (Å²) in [6, 6.07) is 15.9. The van der Waals surface area contributed by atoms with E-state index in [0.29, 0.717) is 19.6 Å². The third-order valence-corrected chi connectivity index (χ3v) is 5.46. The van der Waals surface area contributed by atoms with Crippen molar-refractivity contribution in [2.75, 3.05) is 44.7 Å². The molecule has 0 aromatic heterocycles. The Labute approximate surface area is 172 Å². The van der Waals surface area contributed by atoms with E-state index in [0.717, 1.165) is 35.7 Å². The average molecular weight is 396 g/mol. The lowest BCUT2D eigenvalue weighted by Crippen LogP contribution is -2.51. The van der Waals surface area contributed by atoms with Gasteiger partial charge < -0.3 is 19.4 Å². The summed E-state index contributed by atoms with van der Waals surface area (Å²) in [6.45, 7) is 6.97. The van der Waals surface area contributed by atoms with Gasteiger partial charge in [0.15, 0.2) is 0 Å². The molecule has 154 valence electrons. The molecular weight excluding hydrogens is 366 g/mol. The van der Waals surface area contributed by atoms with Crippen LogP contribution in [-0.4, -0.2) is 61.4 Å². The molecule has 6 heteroatoms. The SMILES string of the molecule is COc1ccc(N2CCN(C(=O)CN(Cc3ccccc3C)C(C)=O)CC2)cc1. The Morgan fingerprint density at radius 1 is 1.00 bits per heavy atom. The summed E-state index contributed by atoms with van der Waals surface area (Å²) in [5.41, 5.74) is 3.32. The fourth-order valence-corrected chi connectivity index (χ4v) is 3.54. The molecule has 1 heterocycles. The van der Waals surface area contributed by atoms with E-state index in [2.05, 4.69) is 4.90 Å². The molecule has 0 radical (unpaired) electrons. The van der Waals surface area contributed by atoms with Gasteiger partial charge in [0.1, 0.15) is 12.3 Å². The molecule has 2 aromatic rings. The third-order valence-electron chi connectivity index (χ3n) is 5.46. The van der Waals surface area contributed by atoms with Crippen molar-refractivity contribution in [2.45, 2.75) is 20.4 Å². The van der Waals surface area contributed by atoms with Gasteiger partial charge in [0.05, 0.1) is 7.11 Å². The lowest BCUT2D eigenvalue weighted by molar-refractivity contribution is -0.140. The fourth-order valence-electron chi connectivity index (χ4n) is 3.54. The van der Waals surface area contributed by atoms with E-state index in [-0.39, 0.29) is 18.4 Å². The van der Waals surface area contributed by atoms with Crippen LogP contribution in [0.2, 0.25) is 0 Å². The molecule has 1 fully saturated rings. The van der Waals surface area contributed by atoms with Gasteiger partial charge in [0.2, 0.25) is 11.8 Å². The predicted octanol–water partition coefficient (Wildman–Crippen LogP) is 2.70. The topological polar surface area (TPSA) is 53.1 Å². The molecule has 0 saturated carbocycles. The highest BCUT2D eigenvalue weighted by Crippen LogP contribution is 2.20. The molecule has 2 amide bonds. The number of hydrogen-bond donors (Lipinski definition) is 0. The number of hydrogen-bond acceptors (Lipinski definition) is 4. The maximum atomic E-state index is 12.8. The van der Waals surface area contributed by atoms with Crippen molar-refractivity contribution in [3.05, 3.63) is 59.7 Å². The molecule has 0 atom stereocenters.